The van der Waals surface area contributed by atoms with Crippen LogP contribution in [0.15, 0.2) is 36.4 Å². The molecule has 0 fully saturated rings. The summed E-state index contributed by atoms with van der Waals surface area (Å²) in [6, 6.07) is 7.71. The Bertz CT molecular complexity index is 411. The highest BCUT2D eigenvalue weighted by Crippen LogP contribution is 2.12. The van der Waals surface area contributed by atoms with Crippen LogP contribution in [-0.2, 0) is 11.2 Å². The van der Waals surface area contributed by atoms with Crippen molar-refractivity contribution < 1.29 is 4.79 Å². The van der Waals surface area contributed by atoms with Crippen molar-refractivity contribution in [2.45, 2.75) is 31.7 Å². The van der Waals surface area contributed by atoms with Gasteiger partial charge in [0.25, 0.3) is 0 Å². The lowest BCUT2D eigenvalue weighted by Gasteiger charge is -2.19. The number of carbonyl (C=O) groups excluding carboxylic acids is 1. The molecule has 1 aromatic rings. The topological polar surface area (TPSA) is 29.1 Å². The fourth-order valence-corrected chi connectivity index (χ4v) is 2.12. The summed E-state index contributed by atoms with van der Waals surface area (Å²) in [6.45, 7) is 0. The van der Waals surface area contributed by atoms with E-state index in [1.54, 1.807) is 0 Å². The van der Waals surface area contributed by atoms with Crippen LogP contribution in [0.5, 0.6) is 0 Å². The Morgan fingerprint density at radius 3 is 2.71 bits per heavy atom. The van der Waals surface area contributed by atoms with Crippen molar-refractivity contribution in [3.8, 4) is 0 Å². The number of amides is 1. The molecule has 1 aromatic carbocycles. The molecule has 0 saturated carbocycles. The number of rotatable bonds is 3. The Morgan fingerprint density at radius 1 is 1.29 bits per heavy atom. The Kier molecular flexibility index (Phi) is 4.21. The minimum absolute atomic E-state index is 0.0904. The van der Waals surface area contributed by atoms with Crippen molar-refractivity contribution in [2.75, 3.05) is 0 Å². The van der Waals surface area contributed by atoms with Crippen LogP contribution in [0.2, 0.25) is 5.02 Å². The van der Waals surface area contributed by atoms with E-state index in [-0.39, 0.29) is 5.91 Å². The molecule has 2 nitrogen and oxygen atoms in total. The first-order valence-corrected chi connectivity index (χ1v) is 6.30. The summed E-state index contributed by atoms with van der Waals surface area (Å²) in [5.74, 6) is 0.0904. The van der Waals surface area contributed by atoms with Crippen molar-refractivity contribution in [1.82, 2.24) is 5.32 Å². The molecule has 0 aromatic heterocycles. The van der Waals surface area contributed by atoms with Gasteiger partial charge in [0.2, 0.25) is 5.91 Å². The highest BCUT2D eigenvalue weighted by Gasteiger charge is 2.12. The van der Waals surface area contributed by atoms with Crippen LogP contribution >= 0.6 is 11.6 Å². The van der Waals surface area contributed by atoms with Gasteiger partial charge < -0.3 is 5.32 Å². The van der Waals surface area contributed by atoms with Crippen molar-refractivity contribution in [2.24, 2.45) is 0 Å². The zero-order valence-corrected chi connectivity index (χ0v) is 10.4. The molecule has 1 amide bonds. The molecule has 0 aliphatic heterocycles. The van der Waals surface area contributed by atoms with Gasteiger partial charge in [-0.25, -0.2) is 0 Å². The van der Waals surface area contributed by atoms with Gasteiger partial charge in [-0.2, -0.15) is 0 Å². The molecule has 1 aliphatic carbocycles. The van der Waals surface area contributed by atoms with E-state index in [4.69, 9.17) is 11.6 Å². The summed E-state index contributed by atoms with van der Waals surface area (Å²) < 4.78 is 0. The van der Waals surface area contributed by atoms with Gasteiger partial charge in [0.1, 0.15) is 0 Å². The van der Waals surface area contributed by atoms with Gasteiger partial charge in [-0.05, 0) is 37.0 Å². The Balaban J connectivity index is 1.84. The molecule has 17 heavy (non-hydrogen) atoms. The number of carbonyl (C=O) groups is 1. The van der Waals surface area contributed by atoms with E-state index in [1.807, 2.05) is 24.3 Å². The molecule has 2 rings (SSSR count). The third kappa shape index (κ3) is 3.90. The summed E-state index contributed by atoms with van der Waals surface area (Å²) in [4.78, 5) is 11.8. The Labute approximate surface area is 107 Å². The zero-order valence-electron chi connectivity index (χ0n) is 9.66. The molecule has 0 spiro atoms. The lowest BCUT2D eigenvalue weighted by atomic mass is 10.0. The SMILES string of the molecule is O=C(Cc1ccc(Cl)cc1)N[C@H]1CC=CCC1. The fourth-order valence-electron chi connectivity index (χ4n) is 1.99. The van der Waals surface area contributed by atoms with Crippen LogP contribution < -0.4 is 5.32 Å². The van der Waals surface area contributed by atoms with Gasteiger partial charge in [0.05, 0.1) is 6.42 Å². The van der Waals surface area contributed by atoms with E-state index in [0.717, 1.165) is 24.8 Å². The molecule has 90 valence electrons. The second kappa shape index (κ2) is 5.87. The Morgan fingerprint density at radius 2 is 2.06 bits per heavy atom. The van der Waals surface area contributed by atoms with Gasteiger partial charge in [-0.15, -0.1) is 0 Å². The first-order valence-electron chi connectivity index (χ1n) is 5.93. The molecule has 3 heteroatoms. The number of allylic oxidation sites excluding steroid dienone is 1. The van der Waals surface area contributed by atoms with Crippen molar-refractivity contribution in [3.05, 3.63) is 47.0 Å². The van der Waals surface area contributed by atoms with E-state index in [0.29, 0.717) is 17.5 Å². The van der Waals surface area contributed by atoms with E-state index in [2.05, 4.69) is 17.5 Å². The predicted octanol–water partition coefficient (Wildman–Crippen LogP) is 3.11. The number of benzene rings is 1. The maximum absolute atomic E-state index is 11.8. The molecule has 0 saturated heterocycles. The largest absolute Gasteiger partial charge is 0.353 e. The third-order valence-corrected chi connectivity index (χ3v) is 3.16. The second-order valence-corrected chi connectivity index (χ2v) is 4.79. The first-order chi connectivity index (χ1) is 8.24. The molecule has 0 unspecified atom stereocenters. The van der Waals surface area contributed by atoms with Crippen LogP contribution in [0.25, 0.3) is 0 Å². The zero-order chi connectivity index (χ0) is 12.1. The Hall–Kier alpha value is -1.28. The van der Waals surface area contributed by atoms with E-state index in [1.165, 1.54) is 0 Å². The van der Waals surface area contributed by atoms with Crippen LogP contribution in [0, 0.1) is 0 Å². The number of hydrogen-bond acceptors (Lipinski definition) is 1. The summed E-state index contributed by atoms with van der Waals surface area (Å²) in [7, 11) is 0. The maximum Gasteiger partial charge on any atom is 0.224 e. The third-order valence-electron chi connectivity index (χ3n) is 2.91. The highest BCUT2D eigenvalue weighted by molar-refractivity contribution is 6.30. The summed E-state index contributed by atoms with van der Waals surface area (Å²) in [5.41, 5.74) is 0.998. The smallest absolute Gasteiger partial charge is 0.224 e. The summed E-state index contributed by atoms with van der Waals surface area (Å²) in [6.07, 6.45) is 7.79. The van der Waals surface area contributed by atoms with E-state index >= 15 is 0 Å². The summed E-state index contributed by atoms with van der Waals surface area (Å²) in [5, 5.41) is 3.76. The number of nitrogens with one attached hydrogen (secondary N) is 1. The van der Waals surface area contributed by atoms with Crippen LogP contribution in [0.3, 0.4) is 0 Å². The van der Waals surface area contributed by atoms with Gasteiger partial charge in [0.15, 0.2) is 0 Å². The highest BCUT2D eigenvalue weighted by atomic mass is 35.5. The van der Waals surface area contributed by atoms with Crippen molar-refractivity contribution >= 4 is 17.5 Å². The molecule has 0 radical (unpaired) electrons. The molecule has 0 bridgehead atoms. The van der Waals surface area contributed by atoms with Crippen molar-refractivity contribution in [3.63, 3.8) is 0 Å². The van der Waals surface area contributed by atoms with Gasteiger partial charge in [-0.1, -0.05) is 35.9 Å². The molecule has 0 heterocycles. The lowest BCUT2D eigenvalue weighted by Crippen LogP contribution is -2.36. The van der Waals surface area contributed by atoms with E-state index in [9.17, 15) is 4.79 Å². The molecule has 1 N–H and O–H groups in total. The van der Waals surface area contributed by atoms with Gasteiger partial charge in [0, 0.05) is 11.1 Å². The monoisotopic (exact) mass is 249 g/mol. The first kappa shape index (κ1) is 12.2. The molecule has 1 aliphatic rings. The fraction of sp³-hybridized carbons (Fsp3) is 0.357. The lowest BCUT2D eigenvalue weighted by molar-refractivity contribution is -0.121. The maximum atomic E-state index is 11.8. The number of halogens is 1. The minimum atomic E-state index is 0.0904. The van der Waals surface area contributed by atoms with Gasteiger partial charge >= 0.3 is 0 Å². The average molecular weight is 250 g/mol. The van der Waals surface area contributed by atoms with Crippen LogP contribution in [-0.4, -0.2) is 11.9 Å². The van der Waals surface area contributed by atoms with Crippen molar-refractivity contribution in [1.29, 1.82) is 0 Å². The quantitative estimate of drug-likeness (QED) is 0.820. The van der Waals surface area contributed by atoms with Gasteiger partial charge in [-0.3, -0.25) is 4.79 Å². The minimum Gasteiger partial charge on any atom is -0.353 e. The molecular weight excluding hydrogens is 234 g/mol. The standard InChI is InChI=1S/C14H16ClNO/c15-12-8-6-11(7-9-12)10-14(17)16-13-4-2-1-3-5-13/h1-2,6-9,13H,3-5,10H2,(H,16,17)/t13-/m0/s1. The number of hydrogen-bond donors (Lipinski definition) is 1. The molecular formula is C14H16ClNO. The van der Waals surface area contributed by atoms with Crippen LogP contribution in [0.1, 0.15) is 24.8 Å². The summed E-state index contributed by atoms with van der Waals surface area (Å²) >= 11 is 5.80. The predicted molar refractivity (Wildman–Crippen MR) is 70.1 cm³/mol. The average Bonchev–Trinajstić information content (AvgIpc) is 2.33. The van der Waals surface area contributed by atoms with E-state index < -0.39 is 0 Å². The van der Waals surface area contributed by atoms with Crippen LogP contribution in [0.4, 0.5) is 0 Å². The second-order valence-electron chi connectivity index (χ2n) is 4.35. The normalized spacial score (nSPS) is 19.0. The molecule has 1 atom stereocenters.